The Labute approximate surface area is 54.5 Å². The fourth-order valence-corrected chi connectivity index (χ4v) is 0.509. The lowest BCUT2D eigenvalue weighted by Gasteiger charge is -1.84. The van der Waals surface area contributed by atoms with Gasteiger partial charge in [-0.2, -0.15) is 4.63 Å². The first-order valence-corrected chi connectivity index (χ1v) is 2.33. The van der Waals surface area contributed by atoms with Crippen molar-refractivity contribution in [1.82, 2.24) is 5.16 Å². The van der Waals surface area contributed by atoms with Crippen LogP contribution >= 0.6 is 0 Å². The third-order valence-corrected chi connectivity index (χ3v) is 0.921. The highest BCUT2D eigenvalue weighted by molar-refractivity contribution is 5.14. The molecular formula is C3H3N3O4. The second-order valence-electron chi connectivity index (χ2n) is 1.60. The van der Waals surface area contributed by atoms with Crippen LogP contribution in [0.2, 0.25) is 0 Å². The summed E-state index contributed by atoms with van der Waals surface area (Å²) >= 11 is 0. The summed E-state index contributed by atoms with van der Waals surface area (Å²) in [6.07, 6.45) is 0. The maximum Gasteiger partial charge on any atom is 0.490 e. The van der Waals surface area contributed by atoms with E-state index in [1.54, 1.807) is 0 Å². The fourth-order valence-electron chi connectivity index (χ4n) is 0.509. The van der Waals surface area contributed by atoms with Crippen molar-refractivity contribution in [2.75, 3.05) is 0 Å². The Balaban J connectivity index is 3.23. The van der Waals surface area contributed by atoms with E-state index in [-0.39, 0.29) is 10.6 Å². The SMILES string of the molecule is Cc1no[n+]([O-])c1[N+](=O)[O-]. The van der Waals surface area contributed by atoms with E-state index in [9.17, 15) is 15.3 Å². The van der Waals surface area contributed by atoms with Gasteiger partial charge in [-0.15, -0.1) is 0 Å². The van der Waals surface area contributed by atoms with Gasteiger partial charge < -0.3 is 15.3 Å². The molecule has 0 unspecified atom stereocenters. The summed E-state index contributed by atoms with van der Waals surface area (Å²) in [5.41, 5.74) is -0.0278. The van der Waals surface area contributed by atoms with Crippen LogP contribution in [-0.4, -0.2) is 10.1 Å². The van der Waals surface area contributed by atoms with Crippen molar-refractivity contribution >= 4 is 5.82 Å². The smallest absolute Gasteiger partial charge is 0.323 e. The van der Waals surface area contributed by atoms with Gasteiger partial charge in [0, 0.05) is 11.8 Å². The molecule has 1 aromatic rings. The largest absolute Gasteiger partial charge is 0.490 e. The minimum Gasteiger partial charge on any atom is -0.323 e. The van der Waals surface area contributed by atoms with Gasteiger partial charge in [0.05, 0.1) is 4.90 Å². The van der Waals surface area contributed by atoms with Crippen LogP contribution in [0.1, 0.15) is 5.69 Å². The second kappa shape index (κ2) is 1.94. The summed E-state index contributed by atoms with van der Waals surface area (Å²) in [4.78, 5) is 8.90. The maximum atomic E-state index is 10.3. The zero-order valence-corrected chi connectivity index (χ0v) is 4.97. The van der Waals surface area contributed by atoms with Crippen molar-refractivity contribution in [3.8, 4) is 0 Å². The molecule has 0 bridgehead atoms. The van der Waals surface area contributed by atoms with Crippen LogP contribution < -0.4 is 4.90 Å². The first-order valence-electron chi connectivity index (χ1n) is 2.33. The molecule has 1 heterocycles. The zero-order valence-electron chi connectivity index (χ0n) is 4.97. The van der Waals surface area contributed by atoms with Crippen LogP contribution in [-0.2, 0) is 0 Å². The third-order valence-electron chi connectivity index (χ3n) is 0.921. The number of hydrogen-bond acceptors (Lipinski definition) is 5. The van der Waals surface area contributed by atoms with Gasteiger partial charge in [0.15, 0.2) is 0 Å². The molecule has 10 heavy (non-hydrogen) atoms. The highest BCUT2D eigenvalue weighted by atomic mass is 16.8. The van der Waals surface area contributed by atoms with Gasteiger partial charge in [0.25, 0.3) is 0 Å². The predicted octanol–water partition coefficient (Wildman–Crippen LogP) is -0.475. The molecule has 54 valence electrons. The zero-order chi connectivity index (χ0) is 7.72. The molecule has 1 aromatic heterocycles. The van der Waals surface area contributed by atoms with Crippen molar-refractivity contribution in [2.24, 2.45) is 0 Å². The molecule has 0 spiro atoms. The monoisotopic (exact) mass is 145 g/mol. The van der Waals surface area contributed by atoms with Crippen LogP contribution in [0.5, 0.6) is 0 Å². The number of hydrogen-bond donors (Lipinski definition) is 0. The van der Waals surface area contributed by atoms with Gasteiger partial charge >= 0.3 is 11.5 Å². The van der Waals surface area contributed by atoms with Crippen LogP contribution in [0.4, 0.5) is 5.82 Å². The molecule has 0 N–H and O–H groups in total. The van der Waals surface area contributed by atoms with Crippen molar-refractivity contribution in [3.05, 3.63) is 21.0 Å². The molecule has 0 saturated carbocycles. The Morgan fingerprint density at radius 2 is 2.40 bits per heavy atom. The lowest BCUT2D eigenvalue weighted by atomic mass is 10.5. The molecule has 0 radical (unpaired) electrons. The molecular weight excluding hydrogens is 142 g/mol. The molecule has 0 aliphatic rings. The predicted molar refractivity (Wildman–Crippen MR) is 26.9 cm³/mol. The number of nitro groups is 1. The minimum absolute atomic E-state index is 0.0278. The summed E-state index contributed by atoms with van der Waals surface area (Å²) in [7, 11) is 0. The van der Waals surface area contributed by atoms with E-state index in [0.717, 1.165) is 0 Å². The molecule has 0 aliphatic heterocycles. The summed E-state index contributed by atoms with van der Waals surface area (Å²) in [5, 5.41) is 23.4. The first kappa shape index (κ1) is 6.46. The fraction of sp³-hybridized carbons (Fsp3) is 0.333. The van der Waals surface area contributed by atoms with E-state index in [4.69, 9.17) is 0 Å². The maximum absolute atomic E-state index is 10.3. The Kier molecular flexibility index (Phi) is 1.25. The van der Waals surface area contributed by atoms with E-state index < -0.39 is 10.7 Å². The average molecular weight is 145 g/mol. The summed E-state index contributed by atoms with van der Waals surface area (Å²) in [6.45, 7) is 1.32. The molecule has 0 aliphatic carbocycles. The Morgan fingerprint density at radius 3 is 2.60 bits per heavy atom. The Hall–Kier alpha value is -1.66. The Morgan fingerprint density at radius 1 is 1.80 bits per heavy atom. The summed E-state index contributed by atoms with van der Waals surface area (Å²) in [5.74, 6) is -0.667. The van der Waals surface area contributed by atoms with E-state index in [1.165, 1.54) is 6.92 Å². The lowest BCUT2D eigenvalue weighted by molar-refractivity contribution is -0.825. The summed E-state index contributed by atoms with van der Waals surface area (Å²) < 4.78 is 3.93. The highest BCUT2D eigenvalue weighted by Gasteiger charge is 2.26. The third kappa shape index (κ3) is 0.768. The lowest BCUT2D eigenvalue weighted by Crippen LogP contribution is -2.26. The molecule has 0 fully saturated rings. The topological polar surface area (TPSA) is 96.1 Å². The van der Waals surface area contributed by atoms with Gasteiger partial charge in [-0.3, -0.25) is 0 Å². The van der Waals surface area contributed by atoms with Gasteiger partial charge in [-0.1, -0.05) is 0 Å². The molecule has 0 atom stereocenters. The van der Waals surface area contributed by atoms with Gasteiger partial charge in [0.1, 0.15) is 5.16 Å². The van der Waals surface area contributed by atoms with Crippen molar-refractivity contribution in [1.29, 1.82) is 0 Å². The van der Waals surface area contributed by atoms with Crippen molar-refractivity contribution in [2.45, 2.75) is 6.92 Å². The van der Waals surface area contributed by atoms with Gasteiger partial charge in [0.2, 0.25) is 0 Å². The molecule has 1 rings (SSSR count). The molecule has 7 heteroatoms. The van der Waals surface area contributed by atoms with Crippen molar-refractivity contribution < 1.29 is 14.5 Å². The van der Waals surface area contributed by atoms with Crippen LogP contribution in [0, 0.1) is 22.2 Å². The number of aryl methyl sites for hydroxylation is 1. The highest BCUT2D eigenvalue weighted by Crippen LogP contribution is 2.06. The summed E-state index contributed by atoms with van der Waals surface area (Å²) in [6, 6.07) is 0. The molecule has 0 amide bonds. The van der Waals surface area contributed by atoms with E-state index in [0.29, 0.717) is 0 Å². The molecule has 0 saturated heterocycles. The number of nitrogens with zero attached hydrogens (tertiary/aromatic N) is 3. The van der Waals surface area contributed by atoms with E-state index in [1.807, 2.05) is 0 Å². The van der Waals surface area contributed by atoms with E-state index in [2.05, 4.69) is 9.79 Å². The van der Waals surface area contributed by atoms with Crippen molar-refractivity contribution in [3.63, 3.8) is 0 Å². The van der Waals surface area contributed by atoms with Gasteiger partial charge in [-0.05, 0) is 0 Å². The number of rotatable bonds is 1. The number of aromatic nitrogens is 2. The van der Waals surface area contributed by atoms with Crippen LogP contribution in [0.3, 0.4) is 0 Å². The second-order valence-corrected chi connectivity index (χ2v) is 1.60. The Bertz CT molecular complexity index is 247. The minimum atomic E-state index is -0.848. The molecule has 7 nitrogen and oxygen atoms in total. The average Bonchev–Trinajstić information content (AvgIpc) is 2.11. The molecule has 0 aromatic carbocycles. The normalized spacial score (nSPS) is 9.70. The first-order chi connectivity index (χ1) is 4.63. The van der Waals surface area contributed by atoms with Gasteiger partial charge in [-0.25, -0.2) is 0 Å². The van der Waals surface area contributed by atoms with Crippen LogP contribution in [0.25, 0.3) is 0 Å². The van der Waals surface area contributed by atoms with Crippen LogP contribution in [0.15, 0.2) is 4.63 Å². The standard InChI is InChI=1S/C3H3N3O4/c1-2-3(5(7)8)6(9)10-4-2/h1H3. The van der Waals surface area contributed by atoms with E-state index >= 15 is 0 Å². The quantitative estimate of drug-likeness (QED) is 0.302.